The van der Waals surface area contributed by atoms with Gasteiger partial charge in [-0.2, -0.15) is 0 Å². The second-order valence-corrected chi connectivity index (χ2v) is 4.64. The lowest BCUT2D eigenvalue weighted by atomic mass is 9.93. The van der Waals surface area contributed by atoms with E-state index >= 15 is 0 Å². The molecule has 5 nitrogen and oxygen atoms in total. The molecule has 0 aromatic heterocycles. The second-order valence-electron chi connectivity index (χ2n) is 4.64. The monoisotopic (exact) mass is 282 g/mol. The van der Waals surface area contributed by atoms with Crippen molar-refractivity contribution in [3.63, 3.8) is 0 Å². The Hall–Kier alpha value is -2.11. The molecular weight excluding hydrogens is 263 g/mol. The van der Waals surface area contributed by atoms with Crippen LogP contribution in [0.2, 0.25) is 0 Å². The topological polar surface area (TPSA) is 78.4 Å². The third kappa shape index (κ3) is 3.46. The van der Waals surface area contributed by atoms with Gasteiger partial charge < -0.3 is 15.7 Å². The van der Waals surface area contributed by atoms with Crippen molar-refractivity contribution in [1.82, 2.24) is 5.32 Å². The molecule has 0 aliphatic rings. The number of halogens is 1. The van der Waals surface area contributed by atoms with Crippen molar-refractivity contribution in [2.75, 3.05) is 5.32 Å². The molecule has 0 aliphatic carbocycles. The molecule has 110 valence electrons. The van der Waals surface area contributed by atoms with Crippen LogP contribution < -0.4 is 10.6 Å². The van der Waals surface area contributed by atoms with Gasteiger partial charge in [-0.25, -0.2) is 14.0 Å². The number of nitrogens with one attached hydrogen (secondary N) is 2. The molecular formula is C14H19FN2O3. The first kappa shape index (κ1) is 15.9. The molecule has 0 bridgehead atoms. The number of carbonyl (C=O) groups is 2. The van der Waals surface area contributed by atoms with Gasteiger partial charge in [0.05, 0.1) is 0 Å². The Morgan fingerprint density at radius 1 is 1.30 bits per heavy atom. The standard InChI is InChI=1S/C14H19FN2O3/c1-4-14(5-2,12(18)19)17-13(20)16-10-7-6-9(3)11(15)8-10/h6-8H,4-5H2,1-3H3,(H,18,19)(H2,16,17,20). The first-order valence-electron chi connectivity index (χ1n) is 6.43. The first-order chi connectivity index (χ1) is 9.34. The van der Waals surface area contributed by atoms with Crippen LogP contribution in [0.4, 0.5) is 14.9 Å². The molecule has 1 aromatic rings. The van der Waals surface area contributed by atoms with E-state index in [-0.39, 0.29) is 18.5 Å². The highest BCUT2D eigenvalue weighted by molar-refractivity contribution is 5.93. The minimum absolute atomic E-state index is 0.258. The zero-order valence-corrected chi connectivity index (χ0v) is 11.8. The number of anilines is 1. The van der Waals surface area contributed by atoms with Crippen LogP contribution in [0, 0.1) is 12.7 Å². The predicted octanol–water partition coefficient (Wildman–Crippen LogP) is 2.90. The average molecular weight is 282 g/mol. The van der Waals surface area contributed by atoms with Gasteiger partial charge in [0.25, 0.3) is 0 Å². The van der Waals surface area contributed by atoms with Crippen molar-refractivity contribution < 1.29 is 19.1 Å². The van der Waals surface area contributed by atoms with Crippen molar-refractivity contribution in [1.29, 1.82) is 0 Å². The highest BCUT2D eigenvalue weighted by Crippen LogP contribution is 2.17. The number of carboxylic acid groups (broad SMARTS) is 1. The van der Waals surface area contributed by atoms with Crippen LogP contribution >= 0.6 is 0 Å². The largest absolute Gasteiger partial charge is 0.480 e. The Bertz CT molecular complexity index is 513. The molecule has 0 heterocycles. The quantitative estimate of drug-likeness (QED) is 0.777. The van der Waals surface area contributed by atoms with E-state index in [1.54, 1.807) is 26.8 Å². The van der Waals surface area contributed by atoms with Crippen LogP contribution in [-0.2, 0) is 4.79 Å². The maximum atomic E-state index is 13.4. The maximum Gasteiger partial charge on any atom is 0.329 e. The van der Waals surface area contributed by atoms with E-state index < -0.39 is 23.4 Å². The molecule has 0 saturated carbocycles. The van der Waals surface area contributed by atoms with E-state index in [0.29, 0.717) is 5.56 Å². The summed E-state index contributed by atoms with van der Waals surface area (Å²) in [6.45, 7) is 4.98. The van der Waals surface area contributed by atoms with E-state index in [9.17, 15) is 19.1 Å². The van der Waals surface area contributed by atoms with Gasteiger partial charge in [0.2, 0.25) is 0 Å². The molecule has 3 N–H and O–H groups in total. The van der Waals surface area contributed by atoms with Crippen LogP contribution in [-0.4, -0.2) is 22.6 Å². The molecule has 0 fully saturated rings. The maximum absolute atomic E-state index is 13.4. The molecule has 20 heavy (non-hydrogen) atoms. The number of aliphatic carboxylic acids is 1. The molecule has 0 atom stereocenters. The number of urea groups is 1. The summed E-state index contributed by atoms with van der Waals surface area (Å²) in [6.07, 6.45) is 0.517. The smallest absolute Gasteiger partial charge is 0.329 e. The van der Waals surface area contributed by atoms with Crippen molar-refractivity contribution in [3.05, 3.63) is 29.6 Å². The van der Waals surface area contributed by atoms with Crippen LogP contribution in [0.25, 0.3) is 0 Å². The van der Waals surface area contributed by atoms with E-state index in [4.69, 9.17) is 0 Å². The Balaban J connectivity index is 2.80. The number of rotatable bonds is 5. The minimum atomic E-state index is -1.31. The third-order valence-electron chi connectivity index (χ3n) is 3.40. The number of benzene rings is 1. The normalized spacial score (nSPS) is 11.0. The summed E-state index contributed by atoms with van der Waals surface area (Å²) in [5.41, 5.74) is -0.567. The summed E-state index contributed by atoms with van der Waals surface area (Å²) in [4.78, 5) is 23.1. The summed E-state index contributed by atoms with van der Waals surface area (Å²) in [7, 11) is 0. The van der Waals surface area contributed by atoms with Gasteiger partial charge >= 0.3 is 12.0 Å². The van der Waals surface area contributed by atoms with Crippen LogP contribution in [0.15, 0.2) is 18.2 Å². The van der Waals surface area contributed by atoms with Crippen molar-refractivity contribution in [2.45, 2.75) is 39.2 Å². The Kier molecular flexibility index (Phi) is 5.07. The van der Waals surface area contributed by atoms with Gasteiger partial charge in [-0.3, -0.25) is 0 Å². The van der Waals surface area contributed by atoms with E-state index in [1.165, 1.54) is 12.1 Å². The highest BCUT2D eigenvalue weighted by Gasteiger charge is 2.36. The number of hydrogen-bond acceptors (Lipinski definition) is 2. The number of amides is 2. The van der Waals surface area contributed by atoms with Gasteiger partial charge in [0.15, 0.2) is 0 Å². The lowest BCUT2D eigenvalue weighted by Crippen LogP contribution is -2.54. The van der Waals surface area contributed by atoms with Crippen molar-refractivity contribution in [2.24, 2.45) is 0 Å². The molecule has 0 aliphatic heterocycles. The van der Waals surface area contributed by atoms with Gasteiger partial charge in [-0.05, 0) is 37.5 Å². The summed E-state index contributed by atoms with van der Waals surface area (Å²) >= 11 is 0. The van der Waals surface area contributed by atoms with Crippen molar-refractivity contribution in [3.8, 4) is 0 Å². The van der Waals surface area contributed by atoms with Gasteiger partial charge in [0, 0.05) is 5.69 Å². The fourth-order valence-electron chi connectivity index (χ4n) is 1.83. The number of carboxylic acids is 1. The van der Waals surface area contributed by atoms with Gasteiger partial charge in [0.1, 0.15) is 11.4 Å². The average Bonchev–Trinajstić information content (AvgIpc) is 2.40. The van der Waals surface area contributed by atoms with Gasteiger partial charge in [-0.1, -0.05) is 19.9 Å². The fourth-order valence-corrected chi connectivity index (χ4v) is 1.83. The Morgan fingerprint density at radius 2 is 1.90 bits per heavy atom. The van der Waals surface area contributed by atoms with Crippen LogP contribution in [0.5, 0.6) is 0 Å². The van der Waals surface area contributed by atoms with E-state index in [1.807, 2.05) is 0 Å². The van der Waals surface area contributed by atoms with Crippen LogP contribution in [0.3, 0.4) is 0 Å². The Labute approximate surface area is 117 Å². The lowest BCUT2D eigenvalue weighted by Gasteiger charge is -2.28. The first-order valence-corrected chi connectivity index (χ1v) is 6.43. The molecule has 0 saturated heterocycles. The summed E-state index contributed by atoms with van der Waals surface area (Å²) in [6, 6.07) is 3.61. The molecule has 6 heteroatoms. The highest BCUT2D eigenvalue weighted by atomic mass is 19.1. The molecule has 0 unspecified atom stereocenters. The number of aryl methyl sites for hydroxylation is 1. The number of carbonyl (C=O) groups excluding carboxylic acids is 1. The zero-order chi connectivity index (χ0) is 15.3. The van der Waals surface area contributed by atoms with E-state index in [0.717, 1.165) is 0 Å². The van der Waals surface area contributed by atoms with Gasteiger partial charge in [-0.15, -0.1) is 0 Å². The third-order valence-corrected chi connectivity index (χ3v) is 3.40. The summed E-state index contributed by atoms with van der Waals surface area (Å²) < 4.78 is 13.4. The fraction of sp³-hybridized carbons (Fsp3) is 0.429. The molecule has 0 radical (unpaired) electrons. The van der Waals surface area contributed by atoms with E-state index in [2.05, 4.69) is 10.6 Å². The van der Waals surface area contributed by atoms with Crippen molar-refractivity contribution >= 4 is 17.7 Å². The SMILES string of the molecule is CCC(CC)(NC(=O)Nc1ccc(C)c(F)c1)C(=O)O. The predicted molar refractivity (Wildman–Crippen MR) is 74.2 cm³/mol. The molecule has 1 aromatic carbocycles. The Morgan fingerprint density at radius 3 is 2.35 bits per heavy atom. The molecule has 2 amide bonds. The molecule has 1 rings (SSSR count). The summed E-state index contributed by atoms with van der Waals surface area (Å²) in [5, 5.41) is 14.1. The zero-order valence-electron chi connectivity index (χ0n) is 11.8. The van der Waals surface area contributed by atoms with Crippen LogP contribution in [0.1, 0.15) is 32.3 Å². The lowest BCUT2D eigenvalue weighted by molar-refractivity contribution is -0.144. The number of hydrogen-bond donors (Lipinski definition) is 3. The second kappa shape index (κ2) is 6.36. The summed E-state index contributed by atoms with van der Waals surface area (Å²) in [5.74, 6) is -1.52. The molecule has 0 spiro atoms. The minimum Gasteiger partial charge on any atom is -0.480 e.